The molecule has 0 atom stereocenters. The summed E-state index contributed by atoms with van der Waals surface area (Å²) in [7, 11) is 0. The molecule has 6 nitrogen and oxygen atoms in total. The number of guanidine groups is 1. The molecule has 0 aliphatic rings. The molecule has 88 valence electrons. The lowest BCUT2D eigenvalue weighted by molar-refractivity contribution is -0.125. The second kappa shape index (κ2) is 5.55. The van der Waals surface area contributed by atoms with Crippen LogP contribution in [0.25, 0.3) is 0 Å². The van der Waals surface area contributed by atoms with E-state index in [-0.39, 0.29) is 11.9 Å². The van der Waals surface area contributed by atoms with E-state index in [0.29, 0.717) is 12.5 Å². The Labute approximate surface area is 90.5 Å². The van der Waals surface area contributed by atoms with Crippen molar-refractivity contribution in [1.82, 2.24) is 10.7 Å². The standard InChI is InChI=1S/C9H21N5O/c1-6(2)13-8(14-11)12-5-9(3,4)7(10)15/h6H,5,11H2,1-4H3,(H2,10,15)(H2,12,13,14). The second-order valence-electron chi connectivity index (χ2n) is 4.36. The highest BCUT2D eigenvalue weighted by Gasteiger charge is 2.24. The highest BCUT2D eigenvalue weighted by atomic mass is 16.1. The molecule has 6 N–H and O–H groups in total. The number of aliphatic imine (C=N–C) groups is 1. The maximum Gasteiger partial charge on any atom is 0.224 e. The molecule has 0 aliphatic heterocycles. The lowest BCUT2D eigenvalue weighted by Gasteiger charge is -2.19. The van der Waals surface area contributed by atoms with Crippen molar-refractivity contribution >= 4 is 11.9 Å². The summed E-state index contributed by atoms with van der Waals surface area (Å²) in [4.78, 5) is 15.2. The fourth-order valence-corrected chi connectivity index (χ4v) is 0.761. The van der Waals surface area contributed by atoms with Gasteiger partial charge in [0.25, 0.3) is 0 Å². The predicted octanol–water partition coefficient (Wildman–Crippen LogP) is -0.685. The quantitative estimate of drug-likeness (QED) is 0.216. The Morgan fingerprint density at radius 3 is 2.33 bits per heavy atom. The van der Waals surface area contributed by atoms with E-state index in [2.05, 4.69) is 15.7 Å². The van der Waals surface area contributed by atoms with Crippen LogP contribution in [0.5, 0.6) is 0 Å². The fraction of sp³-hybridized carbons (Fsp3) is 0.778. The Balaban J connectivity index is 4.40. The Bertz CT molecular complexity index is 247. The van der Waals surface area contributed by atoms with E-state index in [1.165, 1.54) is 0 Å². The van der Waals surface area contributed by atoms with E-state index in [0.717, 1.165) is 0 Å². The molecule has 0 fully saturated rings. The van der Waals surface area contributed by atoms with E-state index < -0.39 is 5.41 Å². The Hall–Kier alpha value is -1.30. The molecule has 0 aromatic heterocycles. The molecule has 0 radical (unpaired) electrons. The predicted molar refractivity (Wildman–Crippen MR) is 60.9 cm³/mol. The molecule has 0 aromatic rings. The van der Waals surface area contributed by atoms with Gasteiger partial charge in [0.05, 0.1) is 12.0 Å². The van der Waals surface area contributed by atoms with Gasteiger partial charge in [0, 0.05) is 6.04 Å². The summed E-state index contributed by atoms with van der Waals surface area (Å²) in [6.07, 6.45) is 0. The molecular formula is C9H21N5O. The highest BCUT2D eigenvalue weighted by Crippen LogP contribution is 2.13. The minimum atomic E-state index is -0.666. The Morgan fingerprint density at radius 1 is 1.47 bits per heavy atom. The van der Waals surface area contributed by atoms with Crippen LogP contribution < -0.4 is 22.3 Å². The molecular weight excluding hydrogens is 194 g/mol. The van der Waals surface area contributed by atoms with E-state index in [1.807, 2.05) is 13.8 Å². The Morgan fingerprint density at radius 2 is 2.00 bits per heavy atom. The van der Waals surface area contributed by atoms with Crippen molar-refractivity contribution < 1.29 is 4.79 Å². The molecule has 1 amide bonds. The van der Waals surface area contributed by atoms with Gasteiger partial charge in [-0.1, -0.05) is 0 Å². The number of hydrogen-bond donors (Lipinski definition) is 4. The van der Waals surface area contributed by atoms with Gasteiger partial charge in [-0.15, -0.1) is 0 Å². The molecule has 0 aliphatic carbocycles. The number of hydrogen-bond acceptors (Lipinski definition) is 3. The number of amides is 1. The first-order valence-electron chi connectivity index (χ1n) is 4.87. The Kier molecular flexibility index (Phi) is 5.07. The van der Waals surface area contributed by atoms with Crippen LogP contribution in [0.2, 0.25) is 0 Å². The largest absolute Gasteiger partial charge is 0.369 e. The molecule has 6 heteroatoms. The van der Waals surface area contributed by atoms with Crippen molar-refractivity contribution in [3.63, 3.8) is 0 Å². The van der Waals surface area contributed by atoms with Gasteiger partial charge >= 0.3 is 0 Å². The van der Waals surface area contributed by atoms with Gasteiger partial charge in [0.2, 0.25) is 11.9 Å². The lowest BCUT2D eigenvalue weighted by Crippen LogP contribution is -2.45. The van der Waals surface area contributed by atoms with Crippen molar-refractivity contribution in [3.05, 3.63) is 0 Å². The van der Waals surface area contributed by atoms with Crippen LogP contribution in [0.3, 0.4) is 0 Å². The third-order valence-corrected chi connectivity index (χ3v) is 1.86. The van der Waals surface area contributed by atoms with Crippen LogP contribution in [0, 0.1) is 5.41 Å². The van der Waals surface area contributed by atoms with Crippen molar-refractivity contribution in [1.29, 1.82) is 0 Å². The van der Waals surface area contributed by atoms with E-state index >= 15 is 0 Å². The van der Waals surface area contributed by atoms with Crippen molar-refractivity contribution in [2.45, 2.75) is 33.7 Å². The van der Waals surface area contributed by atoms with Gasteiger partial charge < -0.3 is 11.1 Å². The van der Waals surface area contributed by atoms with Crippen LogP contribution in [0.1, 0.15) is 27.7 Å². The normalized spacial score (nSPS) is 12.8. The molecule has 0 aromatic carbocycles. The zero-order chi connectivity index (χ0) is 12.1. The summed E-state index contributed by atoms with van der Waals surface area (Å²) in [5.74, 6) is 5.34. The first-order chi connectivity index (χ1) is 6.79. The van der Waals surface area contributed by atoms with Crippen LogP contribution in [0.15, 0.2) is 4.99 Å². The topological polar surface area (TPSA) is 106 Å². The average molecular weight is 215 g/mol. The third kappa shape index (κ3) is 5.21. The van der Waals surface area contributed by atoms with E-state index in [4.69, 9.17) is 11.6 Å². The number of nitrogens with two attached hydrogens (primary N) is 2. The van der Waals surface area contributed by atoms with Gasteiger partial charge in [-0.2, -0.15) is 0 Å². The highest BCUT2D eigenvalue weighted by molar-refractivity contribution is 5.82. The van der Waals surface area contributed by atoms with Crippen LogP contribution in [-0.4, -0.2) is 24.5 Å². The second-order valence-corrected chi connectivity index (χ2v) is 4.36. The lowest BCUT2D eigenvalue weighted by atomic mass is 9.93. The smallest absolute Gasteiger partial charge is 0.224 e. The minimum absolute atomic E-state index is 0.219. The molecule has 0 rings (SSSR count). The number of carbonyl (C=O) groups excluding carboxylic acids is 1. The summed E-state index contributed by atoms with van der Waals surface area (Å²) in [6, 6.07) is 0.219. The van der Waals surface area contributed by atoms with Crippen LogP contribution >= 0.6 is 0 Å². The fourth-order valence-electron chi connectivity index (χ4n) is 0.761. The summed E-state index contributed by atoms with van der Waals surface area (Å²) < 4.78 is 0. The van der Waals surface area contributed by atoms with Crippen LogP contribution in [0.4, 0.5) is 0 Å². The molecule has 0 saturated carbocycles. The molecule has 0 unspecified atom stereocenters. The number of carbonyl (C=O) groups is 1. The number of nitrogens with one attached hydrogen (secondary N) is 2. The molecule has 0 bridgehead atoms. The van der Waals surface area contributed by atoms with Crippen molar-refractivity contribution in [2.75, 3.05) is 6.54 Å². The number of primary amides is 1. The molecule has 0 saturated heterocycles. The van der Waals surface area contributed by atoms with Gasteiger partial charge in [-0.25, -0.2) is 5.84 Å². The van der Waals surface area contributed by atoms with E-state index in [9.17, 15) is 4.79 Å². The first-order valence-corrected chi connectivity index (χ1v) is 4.87. The van der Waals surface area contributed by atoms with E-state index in [1.54, 1.807) is 13.8 Å². The summed E-state index contributed by atoms with van der Waals surface area (Å²) >= 11 is 0. The van der Waals surface area contributed by atoms with Crippen LogP contribution in [-0.2, 0) is 4.79 Å². The average Bonchev–Trinajstić information content (AvgIpc) is 2.11. The summed E-state index contributed by atoms with van der Waals surface area (Å²) in [5, 5.41) is 3.00. The van der Waals surface area contributed by atoms with Crippen molar-refractivity contribution in [2.24, 2.45) is 22.0 Å². The van der Waals surface area contributed by atoms with Gasteiger partial charge in [-0.3, -0.25) is 15.2 Å². The monoisotopic (exact) mass is 215 g/mol. The zero-order valence-corrected chi connectivity index (χ0v) is 9.79. The number of nitrogens with zero attached hydrogens (tertiary/aromatic N) is 1. The first kappa shape index (κ1) is 13.7. The summed E-state index contributed by atoms with van der Waals surface area (Å²) in [6.45, 7) is 7.70. The molecule has 15 heavy (non-hydrogen) atoms. The van der Waals surface area contributed by atoms with Crippen molar-refractivity contribution in [3.8, 4) is 0 Å². The SMILES string of the molecule is CC(C)NC(=NCC(C)(C)C(N)=O)NN. The third-order valence-electron chi connectivity index (χ3n) is 1.86. The number of hydrazine groups is 1. The van der Waals surface area contributed by atoms with Gasteiger partial charge in [0.1, 0.15) is 0 Å². The summed E-state index contributed by atoms with van der Waals surface area (Å²) in [5.41, 5.74) is 6.98. The maximum atomic E-state index is 11.0. The molecule has 0 heterocycles. The minimum Gasteiger partial charge on any atom is -0.369 e. The molecule has 0 spiro atoms. The van der Waals surface area contributed by atoms with Gasteiger partial charge in [-0.05, 0) is 27.7 Å². The zero-order valence-electron chi connectivity index (χ0n) is 9.79. The number of rotatable bonds is 4. The van der Waals surface area contributed by atoms with Gasteiger partial charge in [0.15, 0.2) is 0 Å². The maximum absolute atomic E-state index is 11.0.